The minimum absolute atomic E-state index is 0.242. The fraction of sp³-hybridized carbons (Fsp3) is 0.267. The van der Waals surface area contributed by atoms with Crippen molar-refractivity contribution in [3.63, 3.8) is 0 Å². The van der Waals surface area contributed by atoms with E-state index in [1.165, 1.54) is 11.5 Å². The molecule has 17 heavy (non-hydrogen) atoms. The highest BCUT2D eigenvalue weighted by Crippen LogP contribution is 2.17. The van der Waals surface area contributed by atoms with Gasteiger partial charge in [0.2, 0.25) is 0 Å². The topological polar surface area (TPSA) is 37.3 Å². The standard InChI is InChI=1S/C15H18O2/c1-13(8-4-2-7-11-15(16)17)12-14-9-5-3-6-10-14/h3-6,8-10,12H,2,7,11H2,1H3,(H,16,17). The molecule has 90 valence electrons. The van der Waals surface area contributed by atoms with Gasteiger partial charge in [0.05, 0.1) is 0 Å². The fourth-order valence-electron chi connectivity index (χ4n) is 1.50. The number of carboxylic acid groups (broad SMARTS) is 1. The average Bonchev–Trinajstić information content (AvgIpc) is 2.29. The van der Waals surface area contributed by atoms with Crippen molar-refractivity contribution in [2.75, 3.05) is 0 Å². The van der Waals surface area contributed by atoms with Gasteiger partial charge < -0.3 is 5.11 Å². The first-order valence-electron chi connectivity index (χ1n) is 5.80. The maximum absolute atomic E-state index is 10.3. The van der Waals surface area contributed by atoms with Gasteiger partial charge in [-0.2, -0.15) is 0 Å². The number of rotatable bonds is 8. The van der Waals surface area contributed by atoms with Crippen LogP contribution in [0.25, 0.3) is 0 Å². The summed E-state index contributed by atoms with van der Waals surface area (Å²) in [6.07, 6.45) is 7.92. The van der Waals surface area contributed by atoms with Crippen LogP contribution in [0.5, 0.6) is 0 Å². The molecular weight excluding hydrogens is 212 g/mol. The Balaban J connectivity index is 2.09. The van der Waals surface area contributed by atoms with Gasteiger partial charge in [0.15, 0.2) is 0 Å². The van der Waals surface area contributed by atoms with Crippen molar-refractivity contribution in [2.24, 2.45) is 0 Å². The molecule has 4 radical (unpaired) electrons. The predicted molar refractivity (Wildman–Crippen MR) is 68.8 cm³/mol. The summed E-state index contributed by atoms with van der Waals surface area (Å²) in [6, 6.07) is 10.1. The van der Waals surface area contributed by atoms with E-state index in [0.717, 1.165) is 6.42 Å². The van der Waals surface area contributed by atoms with Gasteiger partial charge in [-0.05, 0) is 43.6 Å². The number of unbranched alkanes of at least 4 members (excludes halogenated alkanes) is 2. The Morgan fingerprint density at radius 2 is 2.00 bits per heavy atom. The maximum atomic E-state index is 10.3. The summed E-state index contributed by atoms with van der Waals surface area (Å²) in [4.78, 5) is 10.3. The number of aliphatic carboxylic acids is 1. The van der Waals surface area contributed by atoms with E-state index in [1.54, 1.807) is 0 Å². The largest absolute Gasteiger partial charge is 0.481 e. The summed E-state index contributed by atoms with van der Waals surface area (Å²) in [6.45, 7) is 2.04. The minimum atomic E-state index is -0.727. The molecule has 0 bridgehead atoms. The predicted octanol–water partition coefficient (Wildman–Crippen LogP) is 3.50. The first kappa shape index (κ1) is 13.8. The van der Waals surface area contributed by atoms with Crippen molar-refractivity contribution in [1.29, 1.82) is 0 Å². The second-order valence-electron chi connectivity index (χ2n) is 3.99. The summed E-state index contributed by atoms with van der Waals surface area (Å²) < 4.78 is 0. The molecule has 0 aliphatic rings. The Hall–Kier alpha value is -1.31. The van der Waals surface area contributed by atoms with Crippen LogP contribution in [-0.2, 0) is 4.79 Å². The Bertz CT molecular complexity index is 319. The van der Waals surface area contributed by atoms with Gasteiger partial charge in [0, 0.05) is 6.42 Å². The average molecular weight is 230 g/mol. The molecule has 0 saturated carbocycles. The third kappa shape index (κ3) is 6.77. The highest BCUT2D eigenvalue weighted by atomic mass is 16.4. The van der Waals surface area contributed by atoms with Crippen molar-refractivity contribution in [1.82, 2.24) is 0 Å². The second-order valence-corrected chi connectivity index (χ2v) is 3.99. The molecule has 1 N–H and O–H groups in total. The normalized spacial score (nSPS) is 10.7. The molecule has 0 aliphatic heterocycles. The molecule has 0 amide bonds. The highest BCUT2D eigenvalue weighted by molar-refractivity contribution is 5.66. The molecule has 1 rings (SSSR count). The van der Waals surface area contributed by atoms with Gasteiger partial charge in [-0.3, -0.25) is 4.79 Å². The number of hydrogen-bond acceptors (Lipinski definition) is 1. The Morgan fingerprint density at radius 3 is 2.65 bits per heavy atom. The van der Waals surface area contributed by atoms with E-state index in [-0.39, 0.29) is 6.42 Å². The van der Waals surface area contributed by atoms with Crippen LogP contribution in [0, 0.1) is 25.2 Å². The van der Waals surface area contributed by atoms with E-state index in [0.29, 0.717) is 6.42 Å². The lowest BCUT2D eigenvalue weighted by molar-refractivity contribution is -0.137. The highest BCUT2D eigenvalue weighted by Gasteiger charge is 2.05. The summed E-state index contributed by atoms with van der Waals surface area (Å²) in [5, 5.41) is 8.48. The molecule has 0 fully saturated rings. The van der Waals surface area contributed by atoms with Crippen molar-refractivity contribution in [3.8, 4) is 0 Å². The van der Waals surface area contributed by atoms with Crippen LogP contribution in [0.2, 0.25) is 0 Å². The molecule has 0 aromatic heterocycles. The van der Waals surface area contributed by atoms with E-state index >= 15 is 0 Å². The summed E-state index contributed by atoms with van der Waals surface area (Å²) in [5.41, 5.74) is 1.18. The van der Waals surface area contributed by atoms with Gasteiger partial charge in [-0.1, -0.05) is 37.3 Å². The molecule has 1 aromatic carbocycles. The first-order chi connectivity index (χ1) is 8.18. The SMILES string of the molecule is C[C]([CH][CH]CCCC(=O)O)[CH]c1ccccc1. The Labute approximate surface area is 104 Å². The molecule has 0 spiro atoms. The number of hydrogen-bond donors (Lipinski definition) is 1. The summed E-state index contributed by atoms with van der Waals surface area (Å²) >= 11 is 0. The zero-order valence-corrected chi connectivity index (χ0v) is 10.1. The van der Waals surface area contributed by atoms with Crippen LogP contribution in [0.4, 0.5) is 0 Å². The molecule has 0 saturated heterocycles. The van der Waals surface area contributed by atoms with Crippen molar-refractivity contribution < 1.29 is 9.90 Å². The third-order valence-corrected chi connectivity index (χ3v) is 2.34. The van der Waals surface area contributed by atoms with Crippen LogP contribution in [0.3, 0.4) is 0 Å². The van der Waals surface area contributed by atoms with Crippen LogP contribution < -0.4 is 0 Å². The molecule has 0 aliphatic carbocycles. The van der Waals surface area contributed by atoms with E-state index in [2.05, 4.69) is 18.6 Å². The second kappa shape index (κ2) is 7.88. The van der Waals surface area contributed by atoms with E-state index in [1.807, 2.05) is 38.0 Å². The smallest absolute Gasteiger partial charge is 0.303 e. The summed E-state index contributed by atoms with van der Waals surface area (Å²) in [7, 11) is 0. The zero-order chi connectivity index (χ0) is 12.5. The Kier molecular flexibility index (Phi) is 6.38. The first-order valence-corrected chi connectivity index (χ1v) is 5.80. The molecule has 1 aromatic rings. The number of benzene rings is 1. The van der Waals surface area contributed by atoms with Crippen molar-refractivity contribution in [2.45, 2.75) is 26.2 Å². The van der Waals surface area contributed by atoms with E-state index in [9.17, 15) is 4.79 Å². The molecule has 2 nitrogen and oxygen atoms in total. The van der Waals surface area contributed by atoms with Crippen LogP contribution in [0.15, 0.2) is 30.3 Å². The van der Waals surface area contributed by atoms with Crippen LogP contribution >= 0.6 is 0 Å². The van der Waals surface area contributed by atoms with Gasteiger partial charge in [-0.15, -0.1) is 0 Å². The van der Waals surface area contributed by atoms with Gasteiger partial charge in [0.25, 0.3) is 0 Å². The zero-order valence-electron chi connectivity index (χ0n) is 10.1. The third-order valence-electron chi connectivity index (χ3n) is 2.34. The van der Waals surface area contributed by atoms with Crippen LogP contribution in [0.1, 0.15) is 31.7 Å². The van der Waals surface area contributed by atoms with Crippen molar-refractivity contribution in [3.05, 3.63) is 61.1 Å². The molecule has 2 heteroatoms. The summed E-state index contributed by atoms with van der Waals surface area (Å²) in [5.74, 6) is 0.446. The maximum Gasteiger partial charge on any atom is 0.303 e. The lowest BCUT2D eigenvalue weighted by atomic mass is 9.95. The van der Waals surface area contributed by atoms with Gasteiger partial charge >= 0.3 is 5.97 Å². The lowest BCUT2D eigenvalue weighted by Gasteiger charge is -2.09. The lowest BCUT2D eigenvalue weighted by Crippen LogP contribution is -1.98. The minimum Gasteiger partial charge on any atom is -0.481 e. The number of carbonyl (C=O) groups is 1. The molecule has 0 heterocycles. The van der Waals surface area contributed by atoms with Gasteiger partial charge in [-0.25, -0.2) is 0 Å². The Morgan fingerprint density at radius 1 is 1.29 bits per heavy atom. The van der Waals surface area contributed by atoms with Gasteiger partial charge in [0.1, 0.15) is 0 Å². The van der Waals surface area contributed by atoms with Crippen molar-refractivity contribution >= 4 is 5.97 Å². The fourth-order valence-corrected chi connectivity index (χ4v) is 1.50. The monoisotopic (exact) mass is 230 g/mol. The molecule has 0 unspecified atom stereocenters. The van der Waals surface area contributed by atoms with Crippen LogP contribution in [-0.4, -0.2) is 11.1 Å². The number of carboxylic acids is 1. The molecular formula is C15H18O2. The quantitative estimate of drug-likeness (QED) is 0.694. The van der Waals surface area contributed by atoms with E-state index < -0.39 is 5.97 Å². The van der Waals surface area contributed by atoms with E-state index in [4.69, 9.17) is 5.11 Å². The molecule has 0 atom stereocenters.